The lowest BCUT2D eigenvalue weighted by molar-refractivity contribution is 0.0946. The fraction of sp³-hybridized carbons (Fsp3) is 0.139. The van der Waals surface area contributed by atoms with Gasteiger partial charge in [-0.1, -0.05) is 36.4 Å². The van der Waals surface area contributed by atoms with Crippen molar-refractivity contribution in [1.82, 2.24) is 25.1 Å². The maximum absolute atomic E-state index is 13.8. The Labute approximate surface area is 270 Å². The Morgan fingerprint density at radius 2 is 1.68 bits per heavy atom. The summed E-state index contributed by atoms with van der Waals surface area (Å²) in [5.41, 5.74) is 11.9. The molecular formula is C36H31FN6O4. The summed E-state index contributed by atoms with van der Waals surface area (Å²) in [4.78, 5) is 35.1. The van der Waals surface area contributed by atoms with Crippen LogP contribution < -0.4 is 20.5 Å². The van der Waals surface area contributed by atoms with Crippen LogP contribution >= 0.6 is 0 Å². The summed E-state index contributed by atoms with van der Waals surface area (Å²) >= 11 is 0. The topological polar surface area (TPSA) is 134 Å². The highest BCUT2D eigenvalue weighted by atomic mass is 19.1. The van der Waals surface area contributed by atoms with Crippen LogP contribution in [0.1, 0.15) is 37.4 Å². The first-order chi connectivity index (χ1) is 22.7. The molecule has 0 radical (unpaired) electrons. The number of aromatic nitrogens is 4. The number of amides is 2. The molecule has 0 aliphatic carbocycles. The Bertz CT molecular complexity index is 2110. The second kappa shape index (κ2) is 13.1. The molecule has 0 saturated heterocycles. The average molecular weight is 631 g/mol. The number of nitrogens with one attached hydrogen (secondary N) is 1. The van der Waals surface area contributed by atoms with Gasteiger partial charge in [-0.05, 0) is 60.0 Å². The van der Waals surface area contributed by atoms with E-state index < -0.39 is 17.6 Å². The molecule has 0 aliphatic heterocycles. The van der Waals surface area contributed by atoms with Crippen molar-refractivity contribution in [3.05, 3.63) is 125 Å². The Balaban J connectivity index is 1.38. The van der Waals surface area contributed by atoms with Crippen LogP contribution in [0, 0.1) is 12.7 Å². The molecule has 0 unspecified atom stereocenters. The number of pyridine rings is 2. The Kier molecular flexibility index (Phi) is 8.61. The zero-order chi connectivity index (χ0) is 33.1. The van der Waals surface area contributed by atoms with Crippen LogP contribution in [0.25, 0.3) is 33.4 Å². The lowest BCUT2D eigenvalue weighted by Crippen LogP contribution is -2.23. The molecule has 10 nitrogen and oxygen atoms in total. The highest BCUT2D eigenvalue weighted by Crippen LogP contribution is 2.36. The number of fused-ring (bicyclic) bond motifs is 1. The Morgan fingerprint density at radius 1 is 0.936 bits per heavy atom. The lowest BCUT2D eigenvalue weighted by Gasteiger charge is -2.13. The molecule has 11 heteroatoms. The molecule has 0 saturated carbocycles. The fourth-order valence-corrected chi connectivity index (χ4v) is 5.42. The molecule has 0 fully saturated rings. The predicted octanol–water partition coefficient (Wildman–Crippen LogP) is 5.70. The molecule has 0 spiro atoms. The van der Waals surface area contributed by atoms with Gasteiger partial charge >= 0.3 is 0 Å². The van der Waals surface area contributed by atoms with E-state index in [1.54, 1.807) is 24.2 Å². The smallest absolute Gasteiger partial charge is 0.255 e. The molecule has 236 valence electrons. The molecule has 47 heavy (non-hydrogen) atoms. The second-order valence-electron chi connectivity index (χ2n) is 10.9. The van der Waals surface area contributed by atoms with E-state index in [9.17, 15) is 14.0 Å². The quantitative estimate of drug-likeness (QED) is 0.198. The zero-order valence-corrected chi connectivity index (χ0v) is 26.0. The zero-order valence-electron chi connectivity index (χ0n) is 26.0. The first kappa shape index (κ1) is 30.9. The van der Waals surface area contributed by atoms with E-state index >= 15 is 0 Å². The van der Waals surface area contributed by atoms with Gasteiger partial charge < -0.3 is 20.5 Å². The molecule has 3 aromatic carbocycles. The number of carbonyl (C=O) groups excluding carboxylic acids is 2. The van der Waals surface area contributed by atoms with Gasteiger partial charge in [0.05, 0.1) is 43.3 Å². The third kappa shape index (κ3) is 6.36. The van der Waals surface area contributed by atoms with Crippen molar-refractivity contribution in [3.8, 4) is 34.0 Å². The maximum Gasteiger partial charge on any atom is 0.255 e. The maximum atomic E-state index is 13.8. The summed E-state index contributed by atoms with van der Waals surface area (Å²) in [6, 6.07) is 20.6. The number of halogens is 1. The predicted molar refractivity (Wildman–Crippen MR) is 176 cm³/mol. The molecule has 0 atom stereocenters. The van der Waals surface area contributed by atoms with E-state index in [0.29, 0.717) is 34.4 Å². The first-order valence-corrected chi connectivity index (χ1v) is 14.7. The van der Waals surface area contributed by atoms with Crippen LogP contribution in [0.3, 0.4) is 0 Å². The van der Waals surface area contributed by atoms with Crippen molar-refractivity contribution in [3.63, 3.8) is 0 Å². The third-order valence-corrected chi connectivity index (χ3v) is 7.83. The summed E-state index contributed by atoms with van der Waals surface area (Å²) in [5.74, 6) is -0.657. The number of ether oxygens (including phenoxy) is 2. The van der Waals surface area contributed by atoms with E-state index in [-0.39, 0.29) is 23.4 Å². The van der Waals surface area contributed by atoms with Gasteiger partial charge in [0.1, 0.15) is 22.8 Å². The molecule has 0 bridgehead atoms. The Morgan fingerprint density at radius 3 is 2.36 bits per heavy atom. The van der Waals surface area contributed by atoms with Crippen LogP contribution in [0.4, 0.5) is 4.39 Å². The van der Waals surface area contributed by atoms with E-state index in [2.05, 4.69) is 10.3 Å². The van der Waals surface area contributed by atoms with Gasteiger partial charge in [0, 0.05) is 41.6 Å². The molecule has 6 aromatic rings. The minimum atomic E-state index is -0.662. The number of primary amides is 1. The molecule has 6 rings (SSSR count). The number of carbonyl (C=O) groups is 2. The lowest BCUT2D eigenvalue weighted by atomic mass is 9.98. The van der Waals surface area contributed by atoms with Gasteiger partial charge in [0.15, 0.2) is 0 Å². The average Bonchev–Trinajstić information content (AvgIpc) is 3.50. The van der Waals surface area contributed by atoms with Crippen molar-refractivity contribution in [2.45, 2.75) is 20.0 Å². The number of nitrogens with two attached hydrogens (primary N) is 1. The highest BCUT2D eigenvalue weighted by molar-refractivity contribution is 6.12. The van der Waals surface area contributed by atoms with Crippen molar-refractivity contribution < 1.29 is 23.5 Å². The number of rotatable bonds is 10. The number of nitrogens with zero attached hydrogens (tertiary/aromatic N) is 4. The molecule has 2 amide bonds. The number of benzene rings is 3. The normalized spacial score (nSPS) is 11.0. The van der Waals surface area contributed by atoms with Crippen molar-refractivity contribution in [1.29, 1.82) is 0 Å². The van der Waals surface area contributed by atoms with Crippen molar-refractivity contribution >= 4 is 22.7 Å². The minimum Gasteiger partial charge on any atom is -0.497 e. The van der Waals surface area contributed by atoms with Crippen LogP contribution in [0.15, 0.2) is 91.4 Å². The molecule has 3 N–H and O–H groups in total. The van der Waals surface area contributed by atoms with Crippen LogP contribution in [0.5, 0.6) is 11.5 Å². The van der Waals surface area contributed by atoms with Gasteiger partial charge in [-0.25, -0.2) is 9.37 Å². The van der Waals surface area contributed by atoms with Crippen molar-refractivity contribution in [2.24, 2.45) is 5.73 Å². The second-order valence-corrected chi connectivity index (χ2v) is 10.9. The summed E-state index contributed by atoms with van der Waals surface area (Å²) in [6.07, 6.45) is 5.33. The van der Waals surface area contributed by atoms with Gasteiger partial charge in [-0.2, -0.15) is 5.10 Å². The largest absolute Gasteiger partial charge is 0.497 e. The standard InChI is InChI=1S/C36H31FN6O4/c1-21-17-39-15-14-27(21)33-29-20-43(19-23-6-11-26(46-2)12-7-23)42-34(29)31(35(38)44)32(41-33)24-8-4-22(5-9-24)18-40-36(45)28-16-25(37)10-13-30(28)47-3/h4-17,20H,18-19H2,1-3H3,(H2,38,44)(H,40,45). The number of hydrogen-bond acceptors (Lipinski definition) is 7. The van der Waals surface area contributed by atoms with Crippen molar-refractivity contribution in [2.75, 3.05) is 14.2 Å². The monoisotopic (exact) mass is 630 g/mol. The summed E-state index contributed by atoms with van der Waals surface area (Å²) in [7, 11) is 3.04. The van der Waals surface area contributed by atoms with Crippen LogP contribution in [-0.2, 0) is 13.1 Å². The first-order valence-electron chi connectivity index (χ1n) is 14.7. The van der Waals surface area contributed by atoms with E-state index in [4.69, 9.17) is 25.3 Å². The number of hydrogen-bond donors (Lipinski definition) is 2. The summed E-state index contributed by atoms with van der Waals surface area (Å²) in [5, 5.41) is 8.31. The van der Waals surface area contributed by atoms with E-state index in [0.717, 1.165) is 34.1 Å². The number of aryl methyl sites for hydroxylation is 1. The Hall–Kier alpha value is -6.10. The van der Waals surface area contributed by atoms with Gasteiger partial charge in [0.25, 0.3) is 11.8 Å². The molecule has 3 aromatic heterocycles. The van der Waals surface area contributed by atoms with Crippen LogP contribution in [0.2, 0.25) is 0 Å². The molecular weight excluding hydrogens is 599 g/mol. The third-order valence-electron chi connectivity index (χ3n) is 7.83. The molecule has 0 aliphatic rings. The SMILES string of the molecule is COc1ccc(Cn2cc3c(-c4ccncc4C)nc(-c4ccc(CNC(=O)c5cc(F)ccc5OC)cc4)c(C(N)=O)c3n2)cc1. The summed E-state index contributed by atoms with van der Waals surface area (Å²) < 4.78 is 26.0. The van der Waals surface area contributed by atoms with Gasteiger partial charge in [-0.15, -0.1) is 0 Å². The van der Waals surface area contributed by atoms with Crippen LogP contribution in [-0.4, -0.2) is 45.8 Å². The summed E-state index contributed by atoms with van der Waals surface area (Å²) in [6.45, 7) is 2.57. The molecule has 3 heterocycles. The van der Waals surface area contributed by atoms with Gasteiger partial charge in [-0.3, -0.25) is 19.3 Å². The number of methoxy groups -OCH3 is 2. The van der Waals surface area contributed by atoms with E-state index in [1.165, 1.54) is 19.2 Å². The van der Waals surface area contributed by atoms with E-state index in [1.807, 2.05) is 67.7 Å². The minimum absolute atomic E-state index is 0.0954. The van der Waals surface area contributed by atoms with Gasteiger partial charge in [0.2, 0.25) is 0 Å². The highest BCUT2D eigenvalue weighted by Gasteiger charge is 2.24. The fourth-order valence-electron chi connectivity index (χ4n) is 5.42.